The molecule has 0 amide bonds. The van der Waals surface area contributed by atoms with Gasteiger partial charge in [-0.25, -0.2) is 9.18 Å². The van der Waals surface area contributed by atoms with E-state index >= 15 is 0 Å². The summed E-state index contributed by atoms with van der Waals surface area (Å²) in [5.41, 5.74) is 0. The molecule has 74 valence electrons. The lowest BCUT2D eigenvalue weighted by atomic mass is 10.2. The third kappa shape index (κ3) is 1.48. The highest BCUT2D eigenvalue weighted by atomic mass is 19.1. The number of carboxylic acid groups (broad SMARTS) is 1. The van der Waals surface area contributed by atoms with Crippen molar-refractivity contribution in [2.45, 2.75) is 6.10 Å². The summed E-state index contributed by atoms with van der Waals surface area (Å²) in [5.74, 6) is -1.05. The van der Waals surface area contributed by atoms with Gasteiger partial charge in [0, 0.05) is 6.07 Å². The minimum atomic E-state index is -1.10. The Morgan fingerprint density at radius 3 is 3.00 bits per heavy atom. The van der Waals surface area contributed by atoms with Crippen molar-refractivity contribution in [1.29, 1.82) is 0 Å². The fraction of sp³-hybridized carbons (Fsp3) is 0.222. The van der Waals surface area contributed by atoms with Crippen LogP contribution < -0.4 is 9.47 Å². The van der Waals surface area contributed by atoms with E-state index in [-0.39, 0.29) is 18.1 Å². The quantitative estimate of drug-likeness (QED) is 0.732. The molecule has 0 bridgehead atoms. The SMILES string of the molecule is O=C(O)[C@@H]1COc2cc(F)ccc2O1. The molecule has 5 heteroatoms. The van der Waals surface area contributed by atoms with Crippen LogP contribution >= 0.6 is 0 Å². The molecule has 0 aromatic heterocycles. The van der Waals surface area contributed by atoms with E-state index in [0.29, 0.717) is 0 Å². The minimum absolute atomic E-state index is 0.105. The number of benzene rings is 1. The van der Waals surface area contributed by atoms with Crippen LogP contribution in [0.5, 0.6) is 11.5 Å². The fourth-order valence-corrected chi connectivity index (χ4v) is 1.17. The molecule has 1 heterocycles. The van der Waals surface area contributed by atoms with Crippen LogP contribution in [0.1, 0.15) is 0 Å². The average molecular weight is 198 g/mol. The first-order chi connectivity index (χ1) is 6.66. The number of hydrogen-bond acceptors (Lipinski definition) is 3. The second kappa shape index (κ2) is 3.17. The Labute approximate surface area is 78.9 Å². The van der Waals surface area contributed by atoms with Crippen LogP contribution in [0.4, 0.5) is 4.39 Å². The smallest absolute Gasteiger partial charge is 0.348 e. The molecule has 2 rings (SSSR count). The summed E-state index contributed by atoms with van der Waals surface area (Å²) in [6.45, 7) is -0.105. The third-order valence-electron chi connectivity index (χ3n) is 1.84. The van der Waals surface area contributed by atoms with Crippen LogP contribution in [0.3, 0.4) is 0 Å². The first kappa shape index (κ1) is 8.80. The van der Waals surface area contributed by atoms with E-state index < -0.39 is 17.9 Å². The molecule has 14 heavy (non-hydrogen) atoms. The van der Waals surface area contributed by atoms with Crippen molar-refractivity contribution in [2.75, 3.05) is 6.61 Å². The standard InChI is InChI=1S/C9H7FO4/c10-5-1-2-6-7(3-5)13-4-8(14-6)9(11)12/h1-3,8H,4H2,(H,11,12)/t8-/m0/s1. The van der Waals surface area contributed by atoms with Crippen LogP contribution in [-0.2, 0) is 4.79 Å². The molecule has 0 aliphatic carbocycles. The number of halogens is 1. The molecule has 4 nitrogen and oxygen atoms in total. The zero-order valence-electron chi connectivity index (χ0n) is 7.07. The van der Waals surface area contributed by atoms with E-state index in [4.69, 9.17) is 14.6 Å². The summed E-state index contributed by atoms with van der Waals surface area (Å²) in [5, 5.41) is 8.64. The zero-order valence-corrected chi connectivity index (χ0v) is 7.07. The number of rotatable bonds is 1. The topological polar surface area (TPSA) is 55.8 Å². The van der Waals surface area contributed by atoms with Gasteiger partial charge in [-0.3, -0.25) is 0 Å². The highest BCUT2D eigenvalue weighted by Gasteiger charge is 2.26. The fourth-order valence-electron chi connectivity index (χ4n) is 1.17. The molecule has 0 saturated carbocycles. The second-order valence-electron chi connectivity index (χ2n) is 2.85. The Kier molecular flexibility index (Phi) is 1.99. The van der Waals surface area contributed by atoms with Gasteiger partial charge in [0.2, 0.25) is 6.10 Å². The van der Waals surface area contributed by atoms with Gasteiger partial charge in [0.1, 0.15) is 12.4 Å². The van der Waals surface area contributed by atoms with Crippen LogP contribution in [0.25, 0.3) is 0 Å². The van der Waals surface area contributed by atoms with Gasteiger partial charge in [0.05, 0.1) is 0 Å². The normalized spacial score (nSPS) is 19.1. The van der Waals surface area contributed by atoms with Gasteiger partial charge in [-0.05, 0) is 12.1 Å². The summed E-state index contributed by atoms with van der Waals surface area (Å²) in [7, 11) is 0. The van der Waals surface area contributed by atoms with E-state index in [1.807, 2.05) is 0 Å². The monoisotopic (exact) mass is 198 g/mol. The van der Waals surface area contributed by atoms with E-state index in [1.165, 1.54) is 12.1 Å². The molecule has 1 aliphatic heterocycles. The maximum Gasteiger partial charge on any atom is 0.348 e. The number of aliphatic carboxylic acids is 1. The lowest BCUT2D eigenvalue weighted by molar-refractivity contribution is -0.147. The maximum absolute atomic E-state index is 12.7. The Hall–Kier alpha value is -1.78. The summed E-state index contributed by atoms with van der Waals surface area (Å²) in [6.07, 6.45) is -1.02. The molecule has 1 N–H and O–H groups in total. The van der Waals surface area contributed by atoms with Gasteiger partial charge in [-0.15, -0.1) is 0 Å². The van der Waals surface area contributed by atoms with E-state index in [1.54, 1.807) is 0 Å². The van der Waals surface area contributed by atoms with Gasteiger partial charge in [0.25, 0.3) is 0 Å². The predicted octanol–water partition coefficient (Wildman–Crippen LogP) is 1.05. The Bertz CT molecular complexity index is 377. The number of hydrogen-bond donors (Lipinski definition) is 1. The maximum atomic E-state index is 12.7. The molecule has 0 spiro atoms. The Morgan fingerprint density at radius 2 is 2.29 bits per heavy atom. The molecule has 0 unspecified atom stereocenters. The van der Waals surface area contributed by atoms with Crippen molar-refractivity contribution >= 4 is 5.97 Å². The van der Waals surface area contributed by atoms with Crippen LogP contribution in [-0.4, -0.2) is 23.8 Å². The van der Waals surface area contributed by atoms with Crippen molar-refractivity contribution in [3.05, 3.63) is 24.0 Å². The largest absolute Gasteiger partial charge is 0.485 e. The number of ether oxygens (including phenoxy) is 2. The first-order valence-electron chi connectivity index (χ1n) is 3.98. The number of carbonyl (C=O) groups is 1. The molecular formula is C9H7FO4. The molecule has 1 atom stereocenters. The third-order valence-corrected chi connectivity index (χ3v) is 1.84. The molecule has 0 saturated heterocycles. The minimum Gasteiger partial charge on any atom is -0.485 e. The number of carboxylic acids is 1. The Balaban J connectivity index is 2.27. The highest BCUT2D eigenvalue weighted by molar-refractivity contribution is 5.73. The van der Waals surface area contributed by atoms with E-state index in [0.717, 1.165) is 6.07 Å². The van der Waals surface area contributed by atoms with Gasteiger partial charge >= 0.3 is 5.97 Å². The molecule has 1 aliphatic rings. The van der Waals surface area contributed by atoms with Crippen LogP contribution in [0.2, 0.25) is 0 Å². The molecule has 0 fully saturated rings. The Morgan fingerprint density at radius 1 is 1.50 bits per heavy atom. The summed E-state index contributed by atoms with van der Waals surface area (Å²) < 4.78 is 22.8. The van der Waals surface area contributed by atoms with Gasteiger partial charge in [0.15, 0.2) is 11.5 Å². The predicted molar refractivity (Wildman–Crippen MR) is 43.9 cm³/mol. The van der Waals surface area contributed by atoms with Crippen molar-refractivity contribution < 1.29 is 23.8 Å². The van der Waals surface area contributed by atoms with Crippen molar-refractivity contribution in [3.63, 3.8) is 0 Å². The van der Waals surface area contributed by atoms with Crippen molar-refractivity contribution in [3.8, 4) is 11.5 Å². The average Bonchev–Trinajstić information content (AvgIpc) is 2.16. The number of fused-ring (bicyclic) bond motifs is 1. The molecule has 1 aromatic rings. The van der Waals surface area contributed by atoms with Crippen molar-refractivity contribution in [1.82, 2.24) is 0 Å². The molecule has 0 radical (unpaired) electrons. The van der Waals surface area contributed by atoms with E-state index in [9.17, 15) is 9.18 Å². The lowest BCUT2D eigenvalue weighted by Gasteiger charge is -2.23. The van der Waals surface area contributed by atoms with Crippen LogP contribution in [0.15, 0.2) is 18.2 Å². The first-order valence-corrected chi connectivity index (χ1v) is 3.98. The zero-order chi connectivity index (χ0) is 10.1. The molecular weight excluding hydrogens is 191 g/mol. The second-order valence-corrected chi connectivity index (χ2v) is 2.85. The van der Waals surface area contributed by atoms with Gasteiger partial charge in [-0.1, -0.05) is 0 Å². The highest BCUT2D eigenvalue weighted by Crippen LogP contribution is 2.31. The van der Waals surface area contributed by atoms with Crippen LogP contribution in [0, 0.1) is 5.82 Å². The summed E-state index contributed by atoms with van der Waals surface area (Å²) in [4.78, 5) is 10.6. The lowest BCUT2D eigenvalue weighted by Crippen LogP contribution is -2.36. The molecule has 1 aromatic carbocycles. The van der Waals surface area contributed by atoms with Gasteiger partial charge in [-0.2, -0.15) is 0 Å². The van der Waals surface area contributed by atoms with E-state index in [2.05, 4.69) is 0 Å². The van der Waals surface area contributed by atoms with Gasteiger partial charge < -0.3 is 14.6 Å². The van der Waals surface area contributed by atoms with Crippen molar-refractivity contribution in [2.24, 2.45) is 0 Å². The summed E-state index contributed by atoms with van der Waals surface area (Å²) in [6, 6.07) is 3.69. The summed E-state index contributed by atoms with van der Waals surface area (Å²) >= 11 is 0.